The van der Waals surface area contributed by atoms with E-state index in [1.807, 2.05) is 0 Å². The van der Waals surface area contributed by atoms with E-state index < -0.39 is 5.54 Å². The number of halogens is 1. The number of hydrogen-bond donors (Lipinski definition) is 1. The van der Waals surface area contributed by atoms with Gasteiger partial charge in [0.05, 0.1) is 5.54 Å². The van der Waals surface area contributed by atoms with E-state index >= 15 is 0 Å². The number of nitrogens with zero attached hydrogens (tertiary/aromatic N) is 2. The summed E-state index contributed by atoms with van der Waals surface area (Å²) in [5, 5.41) is 5.49. The molecule has 0 radical (unpaired) electrons. The summed E-state index contributed by atoms with van der Waals surface area (Å²) in [6, 6.07) is 13.5. The maximum Gasteiger partial charge on any atom is 0.230 e. The molecule has 1 atom stereocenters. The number of thiophene rings is 1. The Balaban J connectivity index is 1.38. The van der Waals surface area contributed by atoms with Gasteiger partial charge < -0.3 is 10.2 Å². The highest BCUT2D eigenvalue weighted by molar-refractivity contribution is 7.19. The van der Waals surface area contributed by atoms with Crippen molar-refractivity contribution in [2.45, 2.75) is 56.5 Å². The SMILES string of the molecule is O=C1CCC(=O)N1C1(c2cc3cccc(-c4cc(Cl)cc5c4N(C4CCNC4)CCC5)c3s2)CC1. The molecule has 3 aromatic rings. The summed E-state index contributed by atoms with van der Waals surface area (Å²) in [5.41, 5.74) is 4.65. The molecule has 2 aromatic carbocycles. The summed E-state index contributed by atoms with van der Waals surface area (Å²) in [5.74, 6) is -0.0372. The molecule has 4 heterocycles. The number of aryl methyl sites for hydroxylation is 1. The molecule has 5 nitrogen and oxygen atoms in total. The lowest BCUT2D eigenvalue weighted by molar-refractivity contribution is -0.142. The minimum absolute atomic E-state index is 0.0186. The van der Waals surface area contributed by atoms with Gasteiger partial charge in [0.1, 0.15) is 0 Å². The van der Waals surface area contributed by atoms with Gasteiger partial charge in [0, 0.05) is 63.4 Å². The largest absolute Gasteiger partial charge is 0.366 e. The molecule has 7 rings (SSSR count). The number of carbonyl (C=O) groups is 2. The quantitative estimate of drug-likeness (QED) is 0.477. The fraction of sp³-hybridized carbons (Fsp3) is 0.429. The predicted molar refractivity (Wildman–Crippen MR) is 141 cm³/mol. The van der Waals surface area contributed by atoms with Crippen LogP contribution in [-0.2, 0) is 21.5 Å². The van der Waals surface area contributed by atoms with Crippen LogP contribution in [0.2, 0.25) is 5.02 Å². The summed E-state index contributed by atoms with van der Waals surface area (Å²) in [4.78, 5) is 30.5. The zero-order valence-corrected chi connectivity index (χ0v) is 21.2. The van der Waals surface area contributed by atoms with Gasteiger partial charge in [-0.3, -0.25) is 14.5 Å². The molecule has 0 bridgehead atoms. The van der Waals surface area contributed by atoms with E-state index in [9.17, 15) is 9.59 Å². The molecule has 2 amide bonds. The van der Waals surface area contributed by atoms with Crippen LogP contribution in [0.3, 0.4) is 0 Å². The van der Waals surface area contributed by atoms with E-state index in [0.29, 0.717) is 18.9 Å². The van der Waals surface area contributed by atoms with Crippen molar-refractivity contribution < 1.29 is 9.59 Å². The molecule has 1 unspecified atom stereocenters. The van der Waals surface area contributed by atoms with Crippen molar-refractivity contribution in [3.63, 3.8) is 0 Å². The Bertz CT molecular complexity index is 1360. The minimum Gasteiger partial charge on any atom is -0.366 e. The van der Waals surface area contributed by atoms with Gasteiger partial charge >= 0.3 is 0 Å². The maximum atomic E-state index is 12.6. The van der Waals surface area contributed by atoms with Crippen LogP contribution in [0, 0.1) is 0 Å². The summed E-state index contributed by atoms with van der Waals surface area (Å²) in [7, 11) is 0. The Morgan fingerprint density at radius 1 is 1.03 bits per heavy atom. The van der Waals surface area contributed by atoms with Crippen LogP contribution in [0.1, 0.15) is 49.0 Å². The van der Waals surface area contributed by atoms with Gasteiger partial charge in [-0.15, -0.1) is 11.3 Å². The molecule has 7 heteroatoms. The molecule has 3 fully saturated rings. The van der Waals surface area contributed by atoms with E-state index in [0.717, 1.165) is 61.6 Å². The molecular formula is C28H28ClN3O2S. The van der Waals surface area contributed by atoms with E-state index in [1.165, 1.54) is 32.5 Å². The third-order valence-electron chi connectivity index (χ3n) is 8.26. The van der Waals surface area contributed by atoms with Gasteiger partial charge in [-0.25, -0.2) is 0 Å². The van der Waals surface area contributed by atoms with Crippen molar-refractivity contribution in [3.05, 3.63) is 51.9 Å². The van der Waals surface area contributed by atoms with Crippen molar-refractivity contribution in [2.75, 3.05) is 24.5 Å². The number of imide groups is 1. The average molecular weight is 506 g/mol. The fourth-order valence-corrected chi connectivity index (χ4v) is 8.13. The second-order valence-corrected chi connectivity index (χ2v) is 11.9. The molecule has 1 aliphatic carbocycles. The van der Waals surface area contributed by atoms with Gasteiger partial charge in [-0.1, -0.05) is 29.8 Å². The number of benzene rings is 2. The second kappa shape index (κ2) is 8.05. The van der Waals surface area contributed by atoms with Crippen molar-refractivity contribution in [3.8, 4) is 11.1 Å². The maximum absolute atomic E-state index is 12.6. The Morgan fingerprint density at radius 3 is 2.60 bits per heavy atom. The number of amides is 2. The minimum atomic E-state index is -0.430. The molecule has 35 heavy (non-hydrogen) atoms. The first kappa shape index (κ1) is 21.8. The number of carbonyl (C=O) groups excluding carboxylic acids is 2. The average Bonchev–Trinajstić information content (AvgIpc) is 3.20. The molecule has 0 spiro atoms. The molecule has 3 aliphatic heterocycles. The number of rotatable bonds is 4. The normalized spacial score (nSPS) is 23.4. The number of fused-ring (bicyclic) bond motifs is 2. The van der Waals surface area contributed by atoms with Gasteiger partial charge in [0.15, 0.2) is 0 Å². The molecule has 1 saturated carbocycles. The van der Waals surface area contributed by atoms with Crippen LogP contribution in [0.15, 0.2) is 36.4 Å². The van der Waals surface area contributed by atoms with Crippen LogP contribution in [-0.4, -0.2) is 42.4 Å². The topological polar surface area (TPSA) is 52.7 Å². The Morgan fingerprint density at radius 2 is 1.86 bits per heavy atom. The number of likely N-dealkylation sites (tertiary alicyclic amines) is 1. The Hall–Kier alpha value is -2.41. The highest BCUT2D eigenvalue weighted by Crippen LogP contribution is 2.56. The fourth-order valence-electron chi connectivity index (χ4n) is 6.47. The lowest BCUT2D eigenvalue weighted by Crippen LogP contribution is -2.40. The first-order valence-corrected chi connectivity index (χ1v) is 13.9. The van der Waals surface area contributed by atoms with Gasteiger partial charge in [0.25, 0.3) is 0 Å². The third-order valence-corrected chi connectivity index (χ3v) is 9.85. The predicted octanol–water partition coefficient (Wildman–Crippen LogP) is 5.47. The molecule has 2 saturated heterocycles. The number of hydrogen-bond acceptors (Lipinski definition) is 5. The van der Waals surface area contributed by atoms with Crippen molar-refractivity contribution in [2.24, 2.45) is 0 Å². The highest BCUT2D eigenvalue weighted by Gasteiger charge is 2.56. The smallest absolute Gasteiger partial charge is 0.230 e. The summed E-state index contributed by atoms with van der Waals surface area (Å²) in [6.07, 6.45) is 5.78. The molecular weight excluding hydrogens is 478 g/mol. The van der Waals surface area contributed by atoms with Crippen molar-refractivity contribution >= 4 is 50.5 Å². The standard InChI is InChI=1S/C28H28ClN3O2S/c29-19-13-17-4-2-12-31(20-8-11-30-16-20)26(17)22(15-19)21-5-1-3-18-14-23(35-27(18)21)28(9-10-28)32-24(33)6-7-25(32)34/h1,3,5,13-15,20,30H,2,4,6-12,16H2. The highest BCUT2D eigenvalue weighted by atomic mass is 35.5. The van der Waals surface area contributed by atoms with Crippen LogP contribution < -0.4 is 10.2 Å². The Kier molecular flexibility index (Phi) is 5.02. The van der Waals surface area contributed by atoms with E-state index in [4.69, 9.17) is 11.6 Å². The second-order valence-electron chi connectivity index (χ2n) is 10.4. The Labute approximate surface area is 214 Å². The monoisotopic (exact) mass is 505 g/mol. The summed E-state index contributed by atoms with van der Waals surface area (Å²) >= 11 is 8.44. The van der Waals surface area contributed by atoms with Crippen molar-refractivity contribution in [1.82, 2.24) is 10.2 Å². The van der Waals surface area contributed by atoms with Crippen LogP contribution in [0.5, 0.6) is 0 Å². The van der Waals surface area contributed by atoms with E-state index in [1.54, 1.807) is 16.2 Å². The first-order valence-electron chi connectivity index (χ1n) is 12.7. The van der Waals surface area contributed by atoms with Crippen LogP contribution in [0.25, 0.3) is 21.2 Å². The van der Waals surface area contributed by atoms with Gasteiger partial charge in [-0.2, -0.15) is 0 Å². The molecule has 4 aliphatic rings. The van der Waals surface area contributed by atoms with E-state index in [2.05, 4.69) is 46.6 Å². The zero-order chi connectivity index (χ0) is 23.7. The first-order chi connectivity index (χ1) is 17.0. The molecule has 180 valence electrons. The van der Waals surface area contributed by atoms with E-state index in [-0.39, 0.29) is 11.8 Å². The number of anilines is 1. The van der Waals surface area contributed by atoms with Crippen LogP contribution in [0.4, 0.5) is 5.69 Å². The lowest BCUT2D eigenvalue weighted by atomic mass is 9.92. The van der Waals surface area contributed by atoms with Gasteiger partial charge in [-0.05, 0) is 67.8 Å². The molecule has 1 N–H and O–H groups in total. The summed E-state index contributed by atoms with van der Waals surface area (Å²) < 4.78 is 1.22. The lowest BCUT2D eigenvalue weighted by Gasteiger charge is -2.38. The van der Waals surface area contributed by atoms with Gasteiger partial charge in [0.2, 0.25) is 11.8 Å². The summed E-state index contributed by atoms with van der Waals surface area (Å²) in [6.45, 7) is 3.16. The number of nitrogens with one attached hydrogen (secondary N) is 1. The third kappa shape index (κ3) is 3.37. The van der Waals surface area contributed by atoms with Crippen molar-refractivity contribution in [1.29, 1.82) is 0 Å². The van der Waals surface area contributed by atoms with Crippen LogP contribution >= 0.6 is 22.9 Å². The molecule has 1 aromatic heterocycles. The zero-order valence-electron chi connectivity index (χ0n) is 19.6.